The Hall–Kier alpha value is -2.37. The average molecular weight is 302 g/mol. The Balaban J connectivity index is 2.01. The fourth-order valence-electron chi connectivity index (χ4n) is 2.03. The van der Waals surface area contributed by atoms with Crippen molar-refractivity contribution in [3.05, 3.63) is 59.2 Å². The van der Waals surface area contributed by atoms with E-state index in [1.807, 2.05) is 24.3 Å². The largest absolute Gasteiger partial charge is 0.504 e. The number of carbonyl (C=O) groups excluding carboxylic acids is 1. The van der Waals surface area contributed by atoms with Gasteiger partial charge in [0.15, 0.2) is 17.8 Å². The Kier molecular flexibility index (Phi) is 5.52. The summed E-state index contributed by atoms with van der Waals surface area (Å²) in [6.07, 6.45) is 0.277. The van der Waals surface area contributed by atoms with Crippen molar-refractivity contribution < 1.29 is 24.1 Å². The zero-order valence-electron chi connectivity index (χ0n) is 12.5. The van der Waals surface area contributed by atoms with Crippen molar-refractivity contribution in [2.75, 3.05) is 14.2 Å². The molecule has 0 amide bonds. The van der Waals surface area contributed by atoms with E-state index < -0.39 is 6.29 Å². The van der Waals surface area contributed by atoms with Crippen LogP contribution in [0.2, 0.25) is 0 Å². The van der Waals surface area contributed by atoms with Crippen molar-refractivity contribution >= 4 is 6.29 Å². The van der Waals surface area contributed by atoms with E-state index >= 15 is 0 Å². The molecule has 0 aromatic heterocycles. The van der Waals surface area contributed by atoms with Crippen LogP contribution in [0.25, 0.3) is 0 Å². The van der Waals surface area contributed by atoms with Crippen LogP contribution >= 0.6 is 0 Å². The van der Waals surface area contributed by atoms with Gasteiger partial charge in [-0.3, -0.25) is 4.79 Å². The van der Waals surface area contributed by atoms with Gasteiger partial charge in [0.25, 0.3) is 0 Å². The Morgan fingerprint density at radius 1 is 1.09 bits per heavy atom. The summed E-state index contributed by atoms with van der Waals surface area (Å²) >= 11 is 0. The molecule has 22 heavy (non-hydrogen) atoms. The number of ether oxygens (including phenoxy) is 3. The molecule has 0 aliphatic rings. The normalized spacial score (nSPS) is 10.7. The molecule has 0 unspecified atom stereocenters. The summed E-state index contributed by atoms with van der Waals surface area (Å²) in [5, 5.41) is 9.76. The molecule has 116 valence electrons. The minimum atomic E-state index is -0.394. The first-order valence-electron chi connectivity index (χ1n) is 6.73. The van der Waals surface area contributed by atoms with Crippen LogP contribution in [0.5, 0.6) is 11.5 Å². The molecule has 0 aliphatic carbocycles. The van der Waals surface area contributed by atoms with Gasteiger partial charge in [-0.1, -0.05) is 24.3 Å². The fourth-order valence-corrected chi connectivity index (χ4v) is 2.03. The van der Waals surface area contributed by atoms with Gasteiger partial charge in [0.2, 0.25) is 0 Å². The standard InChI is InChI=1S/C17H18O5/c1-20-17(21-2)14-6-3-12(4-7-14)11-22-16-8-5-13(10-18)9-15(16)19/h3-10,17,19H,11H2,1-2H3. The van der Waals surface area contributed by atoms with E-state index in [0.29, 0.717) is 24.2 Å². The van der Waals surface area contributed by atoms with Crippen molar-refractivity contribution in [3.8, 4) is 11.5 Å². The maximum absolute atomic E-state index is 10.6. The number of phenolic OH excluding ortho intramolecular Hbond substituents is 1. The van der Waals surface area contributed by atoms with Crippen molar-refractivity contribution in [1.82, 2.24) is 0 Å². The molecule has 5 nitrogen and oxygen atoms in total. The molecule has 0 saturated carbocycles. The summed E-state index contributed by atoms with van der Waals surface area (Å²) in [5.41, 5.74) is 2.25. The van der Waals surface area contributed by atoms with Crippen LogP contribution in [0, 0.1) is 0 Å². The van der Waals surface area contributed by atoms with E-state index in [-0.39, 0.29) is 5.75 Å². The van der Waals surface area contributed by atoms with E-state index in [1.54, 1.807) is 26.4 Å². The molecule has 0 spiro atoms. The number of carbonyl (C=O) groups is 1. The zero-order valence-corrected chi connectivity index (χ0v) is 12.5. The summed E-state index contributed by atoms with van der Waals surface area (Å²) in [4.78, 5) is 10.6. The summed E-state index contributed by atoms with van der Waals surface area (Å²) in [7, 11) is 3.16. The van der Waals surface area contributed by atoms with Gasteiger partial charge in [0.05, 0.1) is 0 Å². The highest BCUT2D eigenvalue weighted by atomic mass is 16.7. The van der Waals surface area contributed by atoms with Gasteiger partial charge in [0.1, 0.15) is 12.9 Å². The topological polar surface area (TPSA) is 65.0 Å². The van der Waals surface area contributed by atoms with E-state index in [4.69, 9.17) is 14.2 Å². The van der Waals surface area contributed by atoms with Gasteiger partial charge in [0, 0.05) is 25.3 Å². The lowest BCUT2D eigenvalue weighted by Crippen LogP contribution is -2.04. The maximum atomic E-state index is 10.6. The highest BCUT2D eigenvalue weighted by Crippen LogP contribution is 2.27. The van der Waals surface area contributed by atoms with Crippen LogP contribution in [0.1, 0.15) is 27.8 Å². The molecule has 0 bridgehead atoms. The van der Waals surface area contributed by atoms with Crippen LogP contribution in [0.3, 0.4) is 0 Å². The summed E-state index contributed by atoms with van der Waals surface area (Å²) in [6, 6.07) is 12.1. The number of phenols is 1. The third-order valence-corrected chi connectivity index (χ3v) is 3.19. The Morgan fingerprint density at radius 3 is 2.32 bits per heavy atom. The fraction of sp³-hybridized carbons (Fsp3) is 0.235. The number of rotatable bonds is 7. The first-order chi connectivity index (χ1) is 10.7. The molecule has 0 aliphatic heterocycles. The summed E-state index contributed by atoms with van der Waals surface area (Å²) in [5.74, 6) is 0.279. The van der Waals surface area contributed by atoms with Crippen LogP contribution in [-0.4, -0.2) is 25.6 Å². The minimum absolute atomic E-state index is 0.0555. The quantitative estimate of drug-likeness (QED) is 0.629. The van der Waals surface area contributed by atoms with Crippen LogP contribution in [0.4, 0.5) is 0 Å². The third kappa shape index (κ3) is 3.84. The highest BCUT2D eigenvalue weighted by Gasteiger charge is 2.09. The first kappa shape index (κ1) is 16.0. The third-order valence-electron chi connectivity index (χ3n) is 3.19. The van der Waals surface area contributed by atoms with E-state index in [1.165, 1.54) is 6.07 Å². The smallest absolute Gasteiger partial charge is 0.183 e. The molecule has 0 saturated heterocycles. The SMILES string of the molecule is COC(OC)c1ccc(COc2ccc(C=O)cc2O)cc1. The Morgan fingerprint density at radius 2 is 1.77 bits per heavy atom. The van der Waals surface area contributed by atoms with Crippen LogP contribution in [0.15, 0.2) is 42.5 Å². The van der Waals surface area contributed by atoms with Gasteiger partial charge in [-0.25, -0.2) is 0 Å². The first-order valence-corrected chi connectivity index (χ1v) is 6.73. The lowest BCUT2D eigenvalue weighted by molar-refractivity contribution is -0.106. The van der Waals surface area contributed by atoms with E-state index in [0.717, 1.165) is 11.1 Å². The summed E-state index contributed by atoms with van der Waals surface area (Å²) in [6.45, 7) is 0.304. The molecular formula is C17H18O5. The molecule has 1 N–H and O–H groups in total. The van der Waals surface area contributed by atoms with Crippen LogP contribution in [-0.2, 0) is 16.1 Å². The lowest BCUT2D eigenvalue weighted by Gasteiger charge is -2.14. The number of aromatic hydroxyl groups is 1. The van der Waals surface area contributed by atoms with Crippen molar-refractivity contribution in [2.24, 2.45) is 0 Å². The van der Waals surface area contributed by atoms with E-state index in [2.05, 4.69) is 0 Å². The minimum Gasteiger partial charge on any atom is -0.504 e. The number of hydrogen-bond acceptors (Lipinski definition) is 5. The molecule has 0 atom stereocenters. The molecule has 5 heteroatoms. The molecule has 2 rings (SSSR count). The average Bonchev–Trinajstić information content (AvgIpc) is 2.56. The number of hydrogen-bond donors (Lipinski definition) is 1. The van der Waals surface area contributed by atoms with Gasteiger partial charge in [-0.05, 0) is 23.8 Å². The Bertz CT molecular complexity index is 617. The van der Waals surface area contributed by atoms with Crippen molar-refractivity contribution in [2.45, 2.75) is 12.9 Å². The zero-order chi connectivity index (χ0) is 15.9. The molecule has 0 heterocycles. The number of methoxy groups -OCH3 is 2. The van der Waals surface area contributed by atoms with Gasteiger partial charge >= 0.3 is 0 Å². The predicted octanol–water partition coefficient (Wildman–Crippen LogP) is 3.08. The van der Waals surface area contributed by atoms with Crippen molar-refractivity contribution in [3.63, 3.8) is 0 Å². The van der Waals surface area contributed by atoms with Gasteiger partial charge < -0.3 is 19.3 Å². The second-order valence-electron chi connectivity index (χ2n) is 4.68. The molecule has 0 fully saturated rings. The number of benzene rings is 2. The van der Waals surface area contributed by atoms with Gasteiger partial charge in [-0.2, -0.15) is 0 Å². The van der Waals surface area contributed by atoms with Crippen molar-refractivity contribution in [1.29, 1.82) is 0 Å². The Labute approximate surface area is 129 Å². The lowest BCUT2D eigenvalue weighted by atomic mass is 10.1. The summed E-state index contributed by atoms with van der Waals surface area (Å²) < 4.78 is 15.9. The second kappa shape index (κ2) is 7.59. The predicted molar refractivity (Wildman–Crippen MR) is 81.0 cm³/mol. The molecule has 2 aromatic rings. The highest BCUT2D eigenvalue weighted by molar-refractivity contribution is 5.76. The monoisotopic (exact) mass is 302 g/mol. The second-order valence-corrected chi connectivity index (χ2v) is 4.68. The maximum Gasteiger partial charge on any atom is 0.183 e. The molecule has 0 radical (unpaired) electrons. The van der Waals surface area contributed by atoms with Crippen LogP contribution < -0.4 is 4.74 Å². The molecule has 2 aromatic carbocycles. The van der Waals surface area contributed by atoms with E-state index in [9.17, 15) is 9.90 Å². The molecular weight excluding hydrogens is 284 g/mol. The van der Waals surface area contributed by atoms with Gasteiger partial charge in [-0.15, -0.1) is 0 Å². The number of aldehydes is 1.